The molecule has 162 valence electrons. The third-order valence-corrected chi connectivity index (χ3v) is 7.07. The van der Waals surface area contributed by atoms with Gasteiger partial charge in [-0.25, -0.2) is 4.98 Å². The number of thioether (sulfide) groups is 1. The van der Waals surface area contributed by atoms with E-state index < -0.39 is 0 Å². The molecule has 0 spiro atoms. The second kappa shape index (κ2) is 9.26. The molecule has 2 heterocycles. The van der Waals surface area contributed by atoms with E-state index in [0.29, 0.717) is 11.7 Å². The van der Waals surface area contributed by atoms with E-state index in [1.165, 1.54) is 24.2 Å². The molecule has 6 nitrogen and oxygen atoms in total. The summed E-state index contributed by atoms with van der Waals surface area (Å²) in [6, 6.07) is 18.1. The highest BCUT2D eigenvalue weighted by molar-refractivity contribution is 7.98. The lowest BCUT2D eigenvalue weighted by Gasteiger charge is -2.09. The number of aryl methyl sites for hydroxylation is 1. The Hall–Kier alpha value is -2.97. The van der Waals surface area contributed by atoms with Crippen molar-refractivity contribution in [3.05, 3.63) is 82.1 Å². The van der Waals surface area contributed by atoms with Crippen molar-refractivity contribution in [2.75, 3.05) is 5.32 Å². The quantitative estimate of drug-likeness (QED) is 0.357. The second-order valence-electron chi connectivity index (χ2n) is 7.90. The van der Waals surface area contributed by atoms with Crippen molar-refractivity contribution in [3.8, 4) is 5.69 Å². The third-order valence-electron chi connectivity index (χ3n) is 5.21. The lowest BCUT2D eigenvalue weighted by Crippen LogP contribution is -2.14. The zero-order valence-electron chi connectivity index (χ0n) is 17.7. The Kier molecular flexibility index (Phi) is 6.05. The number of amides is 1. The number of carbonyl (C=O) groups is 1. The maximum Gasteiger partial charge on any atom is 0.231 e. The van der Waals surface area contributed by atoms with Crippen molar-refractivity contribution in [1.82, 2.24) is 19.7 Å². The third kappa shape index (κ3) is 4.92. The van der Waals surface area contributed by atoms with Gasteiger partial charge in [0, 0.05) is 28.4 Å². The van der Waals surface area contributed by atoms with E-state index in [1.54, 1.807) is 11.8 Å². The van der Waals surface area contributed by atoms with Crippen molar-refractivity contribution >= 4 is 34.7 Å². The largest absolute Gasteiger partial charge is 0.326 e. The molecule has 1 fully saturated rings. The van der Waals surface area contributed by atoms with Gasteiger partial charge in [-0.2, -0.15) is 0 Å². The topological polar surface area (TPSA) is 72.7 Å². The highest BCUT2D eigenvalue weighted by atomic mass is 32.2. The Labute approximate surface area is 195 Å². The number of nitrogens with one attached hydrogen (secondary N) is 1. The molecule has 1 aliphatic rings. The molecule has 0 radical (unpaired) electrons. The van der Waals surface area contributed by atoms with Crippen LogP contribution in [0.5, 0.6) is 0 Å². The molecule has 0 atom stereocenters. The average Bonchev–Trinajstić information content (AvgIpc) is 3.41. The highest BCUT2D eigenvalue weighted by Crippen LogP contribution is 2.41. The van der Waals surface area contributed by atoms with E-state index in [2.05, 4.69) is 37.2 Å². The van der Waals surface area contributed by atoms with Gasteiger partial charge in [-0.05, 0) is 44.0 Å². The van der Waals surface area contributed by atoms with Crippen LogP contribution in [0.3, 0.4) is 0 Å². The molecule has 0 unspecified atom stereocenters. The zero-order valence-corrected chi connectivity index (χ0v) is 19.3. The van der Waals surface area contributed by atoms with Crippen LogP contribution in [-0.2, 0) is 17.0 Å². The summed E-state index contributed by atoms with van der Waals surface area (Å²) in [5.74, 6) is 2.19. The van der Waals surface area contributed by atoms with Gasteiger partial charge in [0.1, 0.15) is 10.8 Å². The summed E-state index contributed by atoms with van der Waals surface area (Å²) in [5, 5.41) is 15.6. The number of thiazole rings is 1. The summed E-state index contributed by atoms with van der Waals surface area (Å²) in [6.45, 7) is 2.02. The first-order valence-corrected chi connectivity index (χ1v) is 12.5. The van der Waals surface area contributed by atoms with Gasteiger partial charge in [0.2, 0.25) is 5.91 Å². The van der Waals surface area contributed by atoms with Crippen molar-refractivity contribution in [2.45, 2.75) is 43.0 Å². The average molecular weight is 462 g/mol. The van der Waals surface area contributed by atoms with Gasteiger partial charge >= 0.3 is 0 Å². The smallest absolute Gasteiger partial charge is 0.231 e. The predicted molar refractivity (Wildman–Crippen MR) is 129 cm³/mol. The Bertz CT molecular complexity index is 1210. The highest BCUT2D eigenvalue weighted by Gasteiger charge is 2.31. The maximum absolute atomic E-state index is 12.4. The normalized spacial score (nSPS) is 13.3. The van der Waals surface area contributed by atoms with Crippen LogP contribution in [0.25, 0.3) is 5.69 Å². The minimum atomic E-state index is -0.0553. The van der Waals surface area contributed by atoms with Crippen LogP contribution in [0.15, 0.2) is 65.1 Å². The summed E-state index contributed by atoms with van der Waals surface area (Å²) in [6.07, 6.45) is 2.63. The number of hydrogen-bond acceptors (Lipinski definition) is 6. The molecule has 1 saturated carbocycles. The molecule has 2 aromatic carbocycles. The van der Waals surface area contributed by atoms with Crippen LogP contribution >= 0.6 is 23.1 Å². The van der Waals surface area contributed by atoms with Crippen LogP contribution < -0.4 is 5.32 Å². The molecule has 32 heavy (non-hydrogen) atoms. The lowest BCUT2D eigenvalue weighted by atomic mass is 10.2. The monoisotopic (exact) mass is 461 g/mol. The molecule has 1 amide bonds. The number of benzene rings is 2. The summed E-state index contributed by atoms with van der Waals surface area (Å²) < 4.78 is 2.17. The molecule has 0 aliphatic heterocycles. The predicted octanol–water partition coefficient (Wildman–Crippen LogP) is 5.38. The minimum absolute atomic E-state index is 0.0553. The fourth-order valence-corrected chi connectivity index (χ4v) is 5.16. The number of rotatable bonds is 8. The molecule has 2 aromatic heterocycles. The Morgan fingerprint density at radius 1 is 1.12 bits per heavy atom. The molecule has 0 bridgehead atoms. The molecule has 1 N–H and O–H groups in total. The van der Waals surface area contributed by atoms with Crippen LogP contribution in [0.4, 0.5) is 5.69 Å². The van der Waals surface area contributed by atoms with Crippen molar-refractivity contribution < 1.29 is 4.79 Å². The first kappa shape index (κ1) is 20.9. The summed E-state index contributed by atoms with van der Waals surface area (Å²) in [4.78, 5) is 17.0. The van der Waals surface area contributed by atoms with E-state index in [4.69, 9.17) is 0 Å². The summed E-state index contributed by atoms with van der Waals surface area (Å²) >= 11 is 3.15. The molecular weight excluding hydrogens is 438 g/mol. The minimum Gasteiger partial charge on any atom is -0.326 e. The maximum atomic E-state index is 12.4. The van der Waals surface area contributed by atoms with Crippen molar-refractivity contribution in [1.29, 1.82) is 0 Å². The number of aromatic nitrogens is 4. The SMILES string of the molecule is Cc1ccc(NC(=O)Cc2nc(CSc3nnc(C4CC4)n3-c3ccccc3)cs2)cc1. The van der Waals surface area contributed by atoms with Crippen LogP contribution in [0.1, 0.15) is 40.8 Å². The summed E-state index contributed by atoms with van der Waals surface area (Å²) in [5.41, 5.74) is 4.01. The number of nitrogens with zero attached hydrogens (tertiary/aromatic N) is 4. The van der Waals surface area contributed by atoms with Gasteiger partial charge < -0.3 is 5.32 Å². The van der Waals surface area contributed by atoms with Crippen molar-refractivity contribution in [3.63, 3.8) is 0 Å². The summed E-state index contributed by atoms with van der Waals surface area (Å²) in [7, 11) is 0. The standard InChI is InChI=1S/C24H23N5OS2/c1-16-7-11-18(12-8-16)25-21(30)13-22-26-19(14-31-22)15-32-24-28-27-23(17-9-10-17)29(24)20-5-3-2-4-6-20/h2-8,11-12,14,17H,9-10,13,15H2,1H3,(H,25,30). The molecule has 5 rings (SSSR count). The number of hydrogen-bond donors (Lipinski definition) is 1. The number of anilines is 1. The van der Waals surface area contributed by atoms with Gasteiger partial charge in [-0.15, -0.1) is 21.5 Å². The fourth-order valence-electron chi connectivity index (χ4n) is 3.41. The molecular formula is C24H23N5OS2. The Balaban J connectivity index is 1.23. The van der Waals surface area contributed by atoms with Crippen molar-refractivity contribution in [2.24, 2.45) is 0 Å². The van der Waals surface area contributed by atoms with Crippen LogP contribution in [0.2, 0.25) is 0 Å². The van der Waals surface area contributed by atoms with E-state index >= 15 is 0 Å². The zero-order chi connectivity index (χ0) is 21.9. The molecule has 4 aromatic rings. The molecule has 0 saturated heterocycles. The molecule has 1 aliphatic carbocycles. The van der Waals surface area contributed by atoms with E-state index in [9.17, 15) is 4.79 Å². The first-order chi connectivity index (χ1) is 15.7. The van der Waals surface area contributed by atoms with Gasteiger partial charge in [-0.1, -0.05) is 47.7 Å². The van der Waals surface area contributed by atoms with E-state index in [1.807, 2.05) is 54.8 Å². The first-order valence-electron chi connectivity index (χ1n) is 10.6. The van der Waals surface area contributed by atoms with Crippen LogP contribution in [0, 0.1) is 6.92 Å². The number of para-hydroxylation sites is 1. The van der Waals surface area contributed by atoms with Crippen LogP contribution in [-0.4, -0.2) is 25.7 Å². The Morgan fingerprint density at radius 2 is 1.91 bits per heavy atom. The second-order valence-corrected chi connectivity index (χ2v) is 9.78. The van der Waals surface area contributed by atoms with Gasteiger partial charge in [0.25, 0.3) is 0 Å². The lowest BCUT2D eigenvalue weighted by molar-refractivity contribution is -0.115. The van der Waals surface area contributed by atoms with E-state index in [-0.39, 0.29) is 12.3 Å². The number of carbonyl (C=O) groups excluding carboxylic acids is 1. The van der Waals surface area contributed by atoms with E-state index in [0.717, 1.165) is 38.6 Å². The van der Waals surface area contributed by atoms with Gasteiger partial charge in [0.15, 0.2) is 5.16 Å². The molecule has 8 heteroatoms. The van der Waals surface area contributed by atoms with Gasteiger partial charge in [-0.3, -0.25) is 9.36 Å². The fraction of sp³-hybridized carbons (Fsp3) is 0.250. The Morgan fingerprint density at radius 3 is 2.66 bits per heavy atom. The van der Waals surface area contributed by atoms with Gasteiger partial charge in [0.05, 0.1) is 12.1 Å².